The molecule has 20 heavy (non-hydrogen) atoms. The van der Waals surface area contributed by atoms with Crippen LogP contribution in [0.3, 0.4) is 0 Å². The molecule has 1 N–H and O–H groups in total. The van der Waals surface area contributed by atoms with Crippen LogP contribution < -0.4 is 5.32 Å². The number of rotatable bonds is 3. The largest absolute Gasteiger partial charge is 0.343 e. The number of piperazine rings is 1. The molecule has 0 spiro atoms. The third kappa shape index (κ3) is 2.04. The second kappa shape index (κ2) is 5.05. The lowest BCUT2D eigenvalue weighted by Crippen LogP contribution is -2.65. The number of nitrogens with one attached hydrogen (secondary N) is 1. The zero-order chi connectivity index (χ0) is 14.4. The molecule has 2 saturated carbocycles. The van der Waals surface area contributed by atoms with Crippen LogP contribution in [-0.2, 0) is 9.59 Å². The third-order valence-corrected chi connectivity index (χ3v) is 5.93. The standard InChI is InChI=1S/C16H26N2O2/c1-4-14-16(20)18(10(3)15(19)17-14)9(2)13-8-11-5-6-12(13)7-11/h9-14H,4-8H2,1-3H3,(H,17,19). The van der Waals surface area contributed by atoms with Crippen molar-refractivity contribution in [3.8, 4) is 0 Å². The van der Waals surface area contributed by atoms with E-state index in [0.717, 1.165) is 11.8 Å². The van der Waals surface area contributed by atoms with E-state index in [1.165, 1.54) is 25.7 Å². The minimum absolute atomic E-state index is 0.00598. The topological polar surface area (TPSA) is 49.4 Å². The number of carbonyl (C=O) groups is 2. The summed E-state index contributed by atoms with van der Waals surface area (Å²) >= 11 is 0. The van der Waals surface area contributed by atoms with Crippen LogP contribution in [0.5, 0.6) is 0 Å². The van der Waals surface area contributed by atoms with Gasteiger partial charge in [-0.3, -0.25) is 9.59 Å². The van der Waals surface area contributed by atoms with Crippen LogP contribution in [0.15, 0.2) is 0 Å². The van der Waals surface area contributed by atoms with Crippen molar-refractivity contribution in [2.75, 3.05) is 0 Å². The Bertz CT molecular complexity index is 423. The molecule has 1 heterocycles. The fourth-order valence-corrected chi connectivity index (χ4v) is 4.77. The Morgan fingerprint density at radius 3 is 2.60 bits per heavy atom. The van der Waals surface area contributed by atoms with Crippen molar-refractivity contribution in [1.82, 2.24) is 10.2 Å². The molecule has 3 rings (SSSR count). The van der Waals surface area contributed by atoms with Crippen LogP contribution in [0, 0.1) is 17.8 Å². The molecule has 2 bridgehead atoms. The Morgan fingerprint density at radius 1 is 1.30 bits per heavy atom. The van der Waals surface area contributed by atoms with E-state index in [0.29, 0.717) is 12.3 Å². The van der Waals surface area contributed by atoms with Gasteiger partial charge in [0.1, 0.15) is 12.1 Å². The van der Waals surface area contributed by atoms with Crippen molar-refractivity contribution < 1.29 is 9.59 Å². The van der Waals surface area contributed by atoms with E-state index >= 15 is 0 Å². The van der Waals surface area contributed by atoms with E-state index in [4.69, 9.17) is 0 Å². The van der Waals surface area contributed by atoms with Crippen LogP contribution >= 0.6 is 0 Å². The summed E-state index contributed by atoms with van der Waals surface area (Å²) in [4.78, 5) is 26.6. The summed E-state index contributed by atoms with van der Waals surface area (Å²) in [5.41, 5.74) is 0. The van der Waals surface area contributed by atoms with E-state index in [9.17, 15) is 9.59 Å². The van der Waals surface area contributed by atoms with Gasteiger partial charge in [0.25, 0.3) is 0 Å². The lowest BCUT2D eigenvalue weighted by atomic mass is 9.82. The molecule has 6 atom stereocenters. The maximum absolute atomic E-state index is 12.6. The van der Waals surface area contributed by atoms with Crippen molar-refractivity contribution in [3.63, 3.8) is 0 Å². The molecule has 3 fully saturated rings. The zero-order valence-electron chi connectivity index (χ0n) is 12.8. The predicted molar refractivity (Wildman–Crippen MR) is 76.9 cm³/mol. The smallest absolute Gasteiger partial charge is 0.246 e. The van der Waals surface area contributed by atoms with Crippen LogP contribution in [0.2, 0.25) is 0 Å². The summed E-state index contributed by atoms with van der Waals surface area (Å²) in [7, 11) is 0. The molecule has 3 aliphatic rings. The first-order valence-electron chi connectivity index (χ1n) is 8.15. The highest BCUT2D eigenvalue weighted by molar-refractivity contribution is 5.96. The highest BCUT2D eigenvalue weighted by Crippen LogP contribution is 2.50. The SMILES string of the molecule is CCC1NC(=O)C(C)N(C(C)C2CC3CCC2C3)C1=O. The summed E-state index contributed by atoms with van der Waals surface area (Å²) in [6.07, 6.45) is 5.96. The van der Waals surface area contributed by atoms with Crippen LogP contribution in [0.4, 0.5) is 0 Å². The van der Waals surface area contributed by atoms with E-state index in [2.05, 4.69) is 12.2 Å². The van der Waals surface area contributed by atoms with Gasteiger partial charge in [-0.05, 0) is 57.3 Å². The molecule has 0 aromatic carbocycles. The minimum atomic E-state index is -0.320. The van der Waals surface area contributed by atoms with Crippen LogP contribution in [-0.4, -0.2) is 34.8 Å². The molecule has 6 unspecified atom stereocenters. The van der Waals surface area contributed by atoms with Gasteiger partial charge in [0, 0.05) is 6.04 Å². The van der Waals surface area contributed by atoms with Gasteiger partial charge in [0.05, 0.1) is 0 Å². The van der Waals surface area contributed by atoms with Crippen LogP contribution in [0.1, 0.15) is 52.9 Å². The average Bonchev–Trinajstić information content (AvgIpc) is 3.05. The van der Waals surface area contributed by atoms with Gasteiger partial charge in [0.15, 0.2) is 0 Å². The van der Waals surface area contributed by atoms with Gasteiger partial charge in [-0.2, -0.15) is 0 Å². The minimum Gasteiger partial charge on any atom is -0.343 e. The summed E-state index contributed by atoms with van der Waals surface area (Å²) in [5.74, 6) is 2.38. The molecule has 0 aromatic rings. The molecule has 2 amide bonds. The number of amides is 2. The Hall–Kier alpha value is -1.06. The monoisotopic (exact) mass is 278 g/mol. The summed E-state index contributed by atoms with van der Waals surface area (Å²) < 4.78 is 0. The summed E-state index contributed by atoms with van der Waals surface area (Å²) in [6.45, 7) is 5.98. The highest BCUT2D eigenvalue weighted by Gasteiger charge is 2.47. The Labute approximate surface area is 121 Å². The fourth-order valence-electron chi connectivity index (χ4n) is 4.77. The average molecular weight is 278 g/mol. The van der Waals surface area contributed by atoms with E-state index < -0.39 is 0 Å². The maximum atomic E-state index is 12.6. The predicted octanol–water partition coefficient (Wildman–Crippen LogP) is 1.94. The van der Waals surface area contributed by atoms with Gasteiger partial charge in [-0.15, -0.1) is 0 Å². The molecule has 0 radical (unpaired) electrons. The van der Waals surface area contributed by atoms with Crippen LogP contribution in [0.25, 0.3) is 0 Å². The van der Waals surface area contributed by atoms with Crippen molar-refractivity contribution in [2.24, 2.45) is 17.8 Å². The number of hydrogen-bond donors (Lipinski definition) is 1. The van der Waals surface area contributed by atoms with Gasteiger partial charge >= 0.3 is 0 Å². The molecular formula is C16H26N2O2. The van der Waals surface area contributed by atoms with Gasteiger partial charge < -0.3 is 10.2 Å². The number of hydrogen-bond acceptors (Lipinski definition) is 2. The molecule has 0 aromatic heterocycles. The van der Waals surface area contributed by atoms with E-state index in [-0.39, 0.29) is 29.9 Å². The summed E-state index contributed by atoms with van der Waals surface area (Å²) in [6, 6.07) is -0.438. The lowest BCUT2D eigenvalue weighted by molar-refractivity contribution is -0.152. The number of carbonyl (C=O) groups excluding carboxylic acids is 2. The lowest BCUT2D eigenvalue weighted by Gasteiger charge is -2.44. The first-order chi connectivity index (χ1) is 9.52. The third-order valence-electron chi connectivity index (χ3n) is 5.93. The zero-order valence-corrected chi connectivity index (χ0v) is 12.8. The molecule has 4 nitrogen and oxygen atoms in total. The Kier molecular flexibility index (Phi) is 3.51. The first kappa shape index (κ1) is 13.9. The molecular weight excluding hydrogens is 252 g/mol. The molecule has 2 aliphatic carbocycles. The molecule has 112 valence electrons. The quantitative estimate of drug-likeness (QED) is 0.857. The summed E-state index contributed by atoms with van der Waals surface area (Å²) in [5, 5.41) is 2.84. The maximum Gasteiger partial charge on any atom is 0.246 e. The normalized spacial score (nSPS) is 42.0. The molecule has 1 aliphatic heterocycles. The van der Waals surface area contributed by atoms with Gasteiger partial charge in [0.2, 0.25) is 11.8 Å². The second-order valence-corrected chi connectivity index (χ2v) is 6.97. The number of fused-ring (bicyclic) bond motifs is 2. The van der Waals surface area contributed by atoms with Crippen molar-refractivity contribution in [2.45, 2.75) is 71.0 Å². The van der Waals surface area contributed by atoms with Crippen molar-refractivity contribution in [1.29, 1.82) is 0 Å². The van der Waals surface area contributed by atoms with Crippen molar-refractivity contribution >= 4 is 11.8 Å². The first-order valence-corrected chi connectivity index (χ1v) is 8.15. The van der Waals surface area contributed by atoms with Gasteiger partial charge in [-0.1, -0.05) is 13.3 Å². The highest BCUT2D eigenvalue weighted by atomic mass is 16.2. The van der Waals surface area contributed by atoms with E-state index in [1.807, 2.05) is 18.7 Å². The Balaban J connectivity index is 1.79. The number of nitrogens with zero attached hydrogens (tertiary/aromatic N) is 1. The molecule has 4 heteroatoms. The molecule has 1 saturated heterocycles. The fraction of sp³-hybridized carbons (Fsp3) is 0.875. The Morgan fingerprint density at radius 2 is 2.05 bits per heavy atom. The van der Waals surface area contributed by atoms with E-state index in [1.54, 1.807) is 0 Å². The van der Waals surface area contributed by atoms with Crippen molar-refractivity contribution in [3.05, 3.63) is 0 Å². The second-order valence-electron chi connectivity index (χ2n) is 6.97. The van der Waals surface area contributed by atoms with Gasteiger partial charge in [-0.25, -0.2) is 0 Å².